The van der Waals surface area contributed by atoms with Gasteiger partial charge in [-0.3, -0.25) is 0 Å². The average Bonchev–Trinajstić information content (AvgIpc) is 3.15. The molecule has 0 atom stereocenters. The summed E-state index contributed by atoms with van der Waals surface area (Å²) in [6.07, 6.45) is 0. The molecule has 1 heterocycles. The average molecular weight is 367 g/mol. The zero-order chi connectivity index (χ0) is 19.5. The van der Waals surface area contributed by atoms with Crippen LogP contribution in [0.25, 0.3) is 33.6 Å². The minimum atomic E-state index is -0.353. The maximum atomic E-state index is 12.9. The Morgan fingerprint density at radius 2 is 1.32 bits per heavy atom. The molecule has 1 aromatic heterocycles. The fourth-order valence-corrected chi connectivity index (χ4v) is 3.58. The Morgan fingerprint density at radius 1 is 0.750 bits per heavy atom. The maximum Gasteiger partial charge on any atom is 0.340 e. The van der Waals surface area contributed by atoms with Crippen molar-refractivity contribution in [3.8, 4) is 33.6 Å². The molecule has 0 bridgehead atoms. The Kier molecular flexibility index (Phi) is 4.81. The normalized spacial score (nSPS) is 10.6. The summed E-state index contributed by atoms with van der Waals surface area (Å²) in [4.78, 5) is 16.4. The Hall–Kier alpha value is -3.59. The van der Waals surface area contributed by atoms with E-state index in [0.717, 1.165) is 39.2 Å². The molecule has 28 heavy (non-hydrogen) atoms. The quantitative estimate of drug-likeness (QED) is 0.442. The molecular formula is C25H21NO2. The maximum absolute atomic E-state index is 12.9. The van der Waals surface area contributed by atoms with E-state index < -0.39 is 0 Å². The van der Waals surface area contributed by atoms with Crippen molar-refractivity contribution >= 4 is 5.97 Å². The van der Waals surface area contributed by atoms with Gasteiger partial charge in [-0.25, -0.2) is 4.79 Å². The number of hydrogen-bond donors (Lipinski definition) is 1. The molecule has 3 nitrogen and oxygen atoms in total. The molecule has 0 radical (unpaired) electrons. The summed E-state index contributed by atoms with van der Waals surface area (Å²) in [6.45, 7) is 2.07. The van der Waals surface area contributed by atoms with Gasteiger partial charge in [-0.2, -0.15) is 0 Å². The molecule has 3 heteroatoms. The third-order valence-electron chi connectivity index (χ3n) is 4.93. The number of esters is 1. The monoisotopic (exact) mass is 367 g/mol. The number of hydrogen-bond acceptors (Lipinski definition) is 2. The van der Waals surface area contributed by atoms with Gasteiger partial charge in [-0.1, -0.05) is 84.9 Å². The van der Waals surface area contributed by atoms with Crippen molar-refractivity contribution in [1.82, 2.24) is 4.98 Å². The van der Waals surface area contributed by atoms with Crippen LogP contribution in [0.2, 0.25) is 0 Å². The first-order chi connectivity index (χ1) is 13.7. The highest BCUT2D eigenvalue weighted by Gasteiger charge is 2.26. The van der Waals surface area contributed by atoms with E-state index in [9.17, 15) is 4.79 Å². The van der Waals surface area contributed by atoms with E-state index in [1.165, 1.54) is 7.11 Å². The fourth-order valence-electron chi connectivity index (χ4n) is 3.58. The summed E-state index contributed by atoms with van der Waals surface area (Å²) in [6, 6.07) is 28.0. The summed E-state index contributed by atoms with van der Waals surface area (Å²) < 4.78 is 5.18. The molecule has 0 spiro atoms. The van der Waals surface area contributed by atoms with Gasteiger partial charge >= 0.3 is 5.97 Å². The number of rotatable bonds is 4. The molecule has 1 N–H and O–H groups in total. The number of aromatic nitrogens is 1. The van der Waals surface area contributed by atoms with E-state index in [2.05, 4.69) is 24.0 Å². The van der Waals surface area contributed by atoms with Crippen LogP contribution in [0.1, 0.15) is 15.9 Å². The molecule has 0 saturated heterocycles. The number of carbonyl (C=O) groups excluding carboxylic acids is 1. The van der Waals surface area contributed by atoms with Crippen molar-refractivity contribution in [2.24, 2.45) is 0 Å². The number of methoxy groups -OCH3 is 1. The van der Waals surface area contributed by atoms with Crippen LogP contribution in [0.15, 0.2) is 84.9 Å². The van der Waals surface area contributed by atoms with Crippen LogP contribution in [0, 0.1) is 6.92 Å². The second-order valence-corrected chi connectivity index (χ2v) is 6.66. The lowest BCUT2D eigenvalue weighted by Gasteiger charge is -2.09. The molecule has 0 aliphatic heterocycles. The third-order valence-corrected chi connectivity index (χ3v) is 4.93. The van der Waals surface area contributed by atoms with E-state index in [1.54, 1.807) is 0 Å². The smallest absolute Gasteiger partial charge is 0.340 e. The number of H-pyrrole nitrogens is 1. The number of ether oxygens (including phenoxy) is 1. The van der Waals surface area contributed by atoms with E-state index in [1.807, 2.05) is 72.8 Å². The van der Waals surface area contributed by atoms with Gasteiger partial charge in [0.1, 0.15) is 0 Å². The first-order valence-electron chi connectivity index (χ1n) is 9.22. The van der Waals surface area contributed by atoms with Gasteiger partial charge in [0.05, 0.1) is 24.1 Å². The van der Waals surface area contributed by atoms with Crippen LogP contribution in [0.5, 0.6) is 0 Å². The van der Waals surface area contributed by atoms with E-state index in [0.29, 0.717) is 5.56 Å². The van der Waals surface area contributed by atoms with Gasteiger partial charge in [-0.05, 0) is 23.6 Å². The van der Waals surface area contributed by atoms with Crippen molar-refractivity contribution in [3.63, 3.8) is 0 Å². The summed E-state index contributed by atoms with van der Waals surface area (Å²) in [5.41, 5.74) is 7.22. The predicted molar refractivity (Wildman–Crippen MR) is 113 cm³/mol. The number of carbonyl (C=O) groups is 1. The molecule has 138 valence electrons. The zero-order valence-electron chi connectivity index (χ0n) is 15.9. The highest BCUT2D eigenvalue weighted by atomic mass is 16.5. The SMILES string of the molecule is COC(=O)c1c(-c2ccccc2)[nH]c(-c2ccccc2C)c1-c1ccccc1. The van der Waals surface area contributed by atoms with Crippen molar-refractivity contribution in [1.29, 1.82) is 0 Å². The van der Waals surface area contributed by atoms with Gasteiger partial charge in [0.2, 0.25) is 0 Å². The molecule has 0 saturated carbocycles. The second-order valence-electron chi connectivity index (χ2n) is 6.66. The molecule has 0 amide bonds. The lowest BCUT2D eigenvalue weighted by atomic mass is 9.94. The van der Waals surface area contributed by atoms with Crippen LogP contribution in [-0.4, -0.2) is 18.1 Å². The molecule has 4 rings (SSSR count). The van der Waals surface area contributed by atoms with Crippen LogP contribution in [0.4, 0.5) is 0 Å². The van der Waals surface area contributed by atoms with Crippen molar-refractivity contribution in [3.05, 3.63) is 96.1 Å². The fraction of sp³-hybridized carbons (Fsp3) is 0.0800. The van der Waals surface area contributed by atoms with Crippen LogP contribution < -0.4 is 0 Å². The Labute approximate surface area is 164 Å². The molecule has 0 aliphatic carbocycles. The molecule has 0 aliphatic rings. The second kappa shape index (κ2) is 7.57. The van der Waals surface area contributed by atoms with E-state index >= 15 is 0 Å². The van der Waals surface area contributed by atoms with Crippen molar-refractivity contribution in [2.75, 3.05) is 7.11 Å². The van der Waals surface area contributed by atoms with Crippen molar-refractivity contribution in [2.45, 2.75) is 6.92 Å². The summed E-state index contributed by atoms with van der Waals surface area (Å²) in [5, 5.41) is 0. The zero-order valence-corrected chi connectivity index (χ0v) is 15.9. The third kappa shape index (κ3) is 3.12. The minimum absolute atomic E-state index is 0.353. The van der Waals surface area contributed by atoms with Crippen LogP contribution in [0.3, 0.4) is 0 Å². The number of aromatic amines is 1. The van der Waals surface area contributed by atoms with Gasteiger partial charge in [0.15, 0.2) is 0 Å². The summed E-state index contributed by atoms with van der Waals surface area (Å²) >= 11 is 0. The molecule has 0 unspecified atom stereocenters. The summed E-state index contributed by atoms with van der Waals surface area (Å²) in [5.74, 6) is -0.353. The van der Waals surface area contributed by atoms with Crippen molar-refractivity contribution < 1.29 is 9.53 Å². The summed E-state index contributed by atoms with van der Waals surface area (Å²) in [7, 11) is 1.42. The first kappa shape index (κ1) is 17.8. The topological polar surface area (TPSA) is 42.1 Å². The Balaban J connectivity index is 2.10. The minimum Gasteiger partial charge on any atom is -0.465 e. The molecule has 3 aromatic carbocycles. The highest BCUT2D eigenvalue weighted by molar-refractivity contribution is 6.08. The molecular weight excluding hydrogens is 346 g/mol. The van der Waals surface area contributed by atoms with Gasteiger partial charge in [0.25, 0.3) is 0 Å². The number of nitrogens with one attached hydrogen (secondary N) is 1. The first-order valence-corrected chi connectivity index (χ1v) is 9.22. The lowest BCUT2D eigenvalue weighted by molar-refractivity contribution is 0.0602. The lowest BCUT2D eigenvalue weighted by Crippen LogP contribution is -2.04. The Morgan fingerprint density at radius 3 is 1.93 bits per heavy atom. The largest absolute Gasteiger partial charge is 0.465 e. The molecule has 4 aromatic rings. The highest BCUT2D eigenvalue weighted by Crippen LogP contribution is 2.41. The number of aryl methyl sites for hydroxylation is 1. The van der Waals surface area contributed by atoms with Gasteiger partial charge in [0, 0.05) is 11.1 Å². The van der Waals surface area contributed by atoms with Gasteiger partial charge < -0.3 is 9.72 Å². The Bertz CT molecular complexity index is 1110. The van der Waals surface area contributed by atoms with Crippen LogP contribution >= 0.6 is 0 Å². The van der Waals surface area contributed by atoms with Gasteiger partial charge in [-0.15, -0.1) is 0 Å². The molecule has 0 fully saturated rings. The van der Waals surface area contributed by atoms with E-state index in [-0.39, 0.29) is 5.97 Å². The van der Waals surface area contributed by atoms with Crippen LogP contribution in [-0.2, 0) is 4.74 Å². The standard InChI is InChI=1S/C25H21NO2/c1-17-11-9-10-16-20(17)24-21(18-12-5-3-6-13-18)22(25(27)28-2)23(26-24)19-14-7-4-8-15-19/h3-16,26H,1-2H3. The predicted octanol–water partition coefficient (Wildman–Crippen LogP) is 6.11. The van der Waals surface area contributed by atoms with E-state index in [4.69, 9.17) is 4.74 Å². The number of benzene rings is 3.